The minimum absolute atomic E-state index is 0.0328. The fraction of sp³-hybridized carbons (Fsp3) is 0.136. The number of amides is 1. The molecule has 6 nitrogen and oxygen atoms in total. The van der Waals surface area contributed by atoms with E-state index >= 15 is 0 Å². The molecule has 3 aromatic rings. The number of sulfonamides is 1. The minimum Gasteiger partial charge on any atom is -0.495 e. The number of para-hydroxylation sites is 2. The summed E-state index contributed by atoms with van der Waals surface area (Å²) in [6.45, 7) is 1.68. The lowest BCUT2D eigenvalue weighted by Gasteiger charge is -2.21. The smallest absolute Gasteiger partial charge is 0.264 e. The average Bonchev–Trinajstić information content (AvgIpc) is 2.75. The van der Waals surface area contributed by atoms with Crippen LogP contribution in [0.25, 0.3) is 0 Å². The molecule has 156 valence electrons. The van der Waals surface area contributed by atoms with Gasteiger partial charge in [-0.05, 0) is 67.1 Å². The van der Waals surface area contributed by atoms with Crippen molar-refractivity contribution in [3.8, 4) is 5.75 Å². The number of benzene rings is 3. The Kier molecular flexibility index (Phi) is 6.07. The molecule has 0 aromatic heterocycles. The highest BCUT2D eigenvalue weighted by atomic mass is 32.2. The molecule has 0 atom stereocenters. The van der Waals surface area contributed by atoms with Crippen LogP contribution in [0.15, 0.2) is 71.6 Å². The topological polar surface area (TPSA) is 75.7 Å². The van der Waals surface area contributed by atoms with Crippen LogP contribution in [-0.2, 0) is 10.0 Å². The summed E-state index contributed by atoms with van der Waals surface area (Å²) < 4.78 is 45.6. The van der Waals surface area contributed by atoms with Gasteiger partial charge in [-0.25, -0.2) is 12.8 Å². The molecule has 30 heavy (non-hydrogen) atoms. The molecule has 0 aliphatic rings. The molecule has 0 aliphatic heterocycles. The van der Waals surface area contributed by atoms with E-state index in [9.17, 15) is 17.6 Å². The zero-order chi connectivity index (χ0) is 21.9. The fourth-order valence-electron chi connectivity index (χ4n) is 2.92. The third-order valence-electron chi connectivity index (χ3n) is 4.64. The third kappa shape index (κ3) is 4.28. The van der Waals surface area contributed by atoms with Gasteiger partial charge in [0.05, 0.1) is 17.7 Å². The molecule has 0 saturated heterocycles. The van der Waals surface area contributed by atoms with E-state index in [1.807, 2.05) is 0 Å². The molecule has 0 fully saturated rings. The first kappa shape index (κ1) is 21.3. The Morgan fingerprint density at radius 2 is 1.70 bits per heavy atom. The van der Waals surface area contributed by atoms with E-state index in [0.717, 1.165) is 4.31 Å². The van der Waals surface area contributed by atoms with Gasteiger partial charge in [0.1, 0.15) is 11.6 Å². The Balaban J connectivity index is 1.82. The SMILES string of the molecule is COc1ccccc1N(C)S(=O)(=O)c1ccc(C(=O)Nc2ccc(F)cc2C)cc1. The molecule has 0 aliphatic carbocycles. The number of hydrogen-bond donors (Lipinski definition) is 1. The van der Waals surface area contributed by atoms with Crippen LogP contribution in [0.1, 0.15) is 15.9 Å². The second-order valence-corrected chi connectivity index (χ2v) is 8.55. The Hall–Kier alpha value is -3.39. The second kappa shape index (κ2) is 8.54. The highest BCUT2D eigenvalue weighted by Crippen LogP contribution is 2.31. The summed E-state index contributed by atoms with van der Waals surface area (Å²) in [4.78, 5) is 12.5. The van der Waals surface area contributed by atoms with Gasteiger partial charge >= 0.3 is 0 Å². The lowest BCUT2D eigenvalue weighted by Crippen LogP contribution is -2.27. The van der Waals surface area contributed by atoms with E-state index in [1.54, 1.807) is 31.2 Å². The molecular weight excluding hydrogens is 407 g/mol. The largest absolute Gasteiger partial charge is 0.495 e. The number of ether oxygens (including phenoxy) is 1. The maximum Gasteiger partial charge on any atom is 0.264 e. The number of nitrogens with zero attached hydrogens (tertiary/aromatic N) is 1. The van der Waals surface area contributed by atoms with Crippen molar-refractivity contribution in [3.05, 3.63) is 83.7 Å². The molecule has 0 spiro atoms. The van der Waals surface area contributed by atoms with E-state index in [4.69, 9.17) is 4.74 Å². The summed E-state index contributed by atoms with van der Waals surface area (Å²) in [5.74, 6) is -0.389. The molecular formula is C22H21FN2O4S. The number of carbonyl (C=O) groups is 1. The maximum absolute atomic E-state index is 13.2. The van der Waals surface area contributed by atoms with Crippen LogP contribution in [-0.4, -0.2) is 28.5 Å². The summed E-state index contributed by atoms with van der Waals surface area (Å²) in [6.07, 6.45) is 0. The van der Waals surface area contributed by atoms with Gasteiger partial charge in [-0.2, -0.15) is 0 Å². The number of aryl methyl sites for hydroxylation is 1. The van der Waals surface area contributed by atoms with Gasteiger partial charge in [0.2, 0.25) is 0 Å². The van der Waals surface area contributed by atoms with Crippen LogP contribution in [0.3, 0.4) is 0 Å². The first-order valence-electron chi connectivity index (χ1n) is 9.03. The van der Waals surface area contributed by atoms with Crippen LogP contribution in [0, 0.1) is 12.7 Å². The van der Waals surface area contributed by atoms with E-state index in [1.165, 1.54) is 56.6 Å². The lowest BCUT2D eigenvalue weighted by molar-refractivity contribution is 0.102. The molecule has 1 N–H and O–H groups in total. The number of hydrogen-bond acceptors (Lipinski definition) is 4. The van der Waals surface area contributed by atoms with Crippen molar-refractivity contribution in [2.24, 2.45) is 0 Å². The second-order valence-electron chi connectivity index (χ2n) is 6.58. The zero-order valence-corrected chi connectivity index (χ0v) is 17.5. The number of anilines is 2. The molecule has 0 unspecified atom stereocenters. The van der Waals surface area contributed by atoms with Crippen LogP contribution in [0.2, 0.25) is 0 Å². The van der Waals surface area contributed by atoms with Crippen molar-refractivity contribution in [2.75, 3.05) is 23.8 Å². The lowest BCUT2D eigenvalue weighted by atomic mass is 10.1. The van der Waals surface area contributed by atoms with Crippen molar-refractivity contribution >= 4 is 27.3 Å². The van der Waals surface area contributed by atoms with Crippen LogP contribution >= 0.6 is 0 Å². The number of nitrogens with one attached hydrogen (secondary N) is 1. The van der Waals surface area contributed by atoms with Gasteiger partial charge in [-0.15, -0.1) is 0 Å². The van der Waals surface area contributed by atoms with Crippen molar-refractivity contribution < 1.29 is 22.3 Å². The van der Waals surface area contributed by atoms with Crippen LogP contribution in [0.5, 0.6) is 5.75 Å². The van der Waals surface area contributed by atoms with E-state index in [0.29, 0.717) is 22.7 Å². The van der Waals surface area contributed by atoms with Crippen molar-refractivity contribution in [3.63, 3.8) is 0 Å². The van der Waals surface area contributed by atoms with Gasteiger partial charge < -0.3 is 10.1 Å². The summed E-state index contributed by atoms with van der Waals surface area (Å²) >= 11 is 0. The molecule has 1 amide bonds. The van der Waals surface area contributed by atoms with Gasteiger partial charge in [-0.1, -0.05) is 12.1 Å². The van der Waals surface area contributed by atoms with Crippen LogP contribution < -0.4 is 14.4 Å². The Morgan fingerprint density at radius 3 is 2.33 bits per heavy atom. The first-order valence-corrected chi connectivity index (χ1v) is 10.5. The van der Waals surface area contributed by atoms with E-state index in [-0.39, 0.29) is 16.3 Å². The predicted molar refractivity (Wildman–Crippen MR) is 114 cm³/mol. The Morgan fingerprint density at radius 1 is 1.03 bits per heavy atom. The summed E-state index contributed by atoms with van der Waals surface area (Å²) in [5, 5.41) is 2.69. The molecule has 0 heterocycles. The van der Waals surface area contributed by atoms with E-state index < -0.39 is 15.9 Å². The predicted octanol–water partition coefficient (Wildman–Crippen LogP) is 4.22. The van der Waals surface area contributed by atoms with Gasteiger partial charge in [0.25, 0.3) is 15.9 Å². The van der Waals surface area contributed by atoms with Crippen LogP contribution in [0.4, 0.5) is 15.8 Å². The number of carbonyl (C=O) groups excluding carboxylic acids is 1. The third-order valence-corrected chi connectivity index (χ3v) is 6.42. The quantitative estimate of drug-likeness (QED) is 0.638. The number of methoxy groups -OCH3 is 1. The average molecular weight is 428 g/mol. The monoisotopic (exact) mass is 428 g/mol. The zero-order valence-electron chi connectivity index (χ0n) is 16.7. The van der Waals surface area contributed by atoms with Gasteiger partial charge in [0, 0.05) is 18.3 Å². The molecule has 3 rings (SSSR count). The molecule has 8 heteroatoms. The number of halogens is 1. The first-order chi connectivity index (χ1) is 14.2. The minimum atomic E-state index is -3.86. The van der Waals surface area contributed by atoms with Crippen molar-refractivity contribution in [1.29, 1.82) is 0 Å². The standard InChI is InChI=1S/C22H21FN2O4S/c1-15-14-17(23)10-13-19(15)24-22(26)16-8-11-18(12-9-16)30(27,28)25(2)20-6-4-5-7-21(20)29-3/h4-14H,1-3H3,(H,24,26). The summed E-state index contributed by atoms with van der Waals surface area (Å²) in [6, 6.07) is 16.4. The normalized spacial score (nSPS) is 11.1. The highest BCUT2D eigenvalue weighted by molar-refractivity contribution is 7.92. The Bertz CT molecular complexity index is 1180. The van der Waals surface area contributed by atoms with Crippen molar-refractivity contribution in [1.82, 2.24) is 0 Å². The maximum atomic E-state index is 13.2. The van der Waals surface area contributed by atoms with Gasteiger partial charge in [-0.3, -0.25) is 9.10 Å². The fourth-order valence-corrected chi connectivity index (χ4v) is 4.12. The Labute approximate surface area is 175 Å². The van der Waals surface area contributed by atoms with Gasteiger partial charge in [0.15, 0.2) is 0 Å². The van der Waals surface area contributed by atoms with E-state index in [2.05, 4.69) is 5.32 Å². The molecule has 0 bridgehead atoms. The molecule has 3 aromatic carbocycles. The van der Waals surface area contributed by atoms with Crippen molar-refractivity contribution in [2.45, 2.75) is 11.8 Å². The molecule has 0 saturated carbocycles. The number of rotatable bonds is 6. The summed E-state index contributed by atoms with van der Waals surface area (Å²) in [5.41, 5.74) is 1.74. The highest BCUT2D eigenvalue weighted by Gasteiger charge is 2.24. The molecule has 0 radical (unpaired) electrons. The summed E-state index contributed by atoms with van der Waals surface area (Å²) in [7, 11) is -0.954.